The number of nitrogens with one attached hydrogen (secondary N) is 3. The molecule has 0 spiro atoms. The fourth-order valence-corrected chi connectivity index (χ4v) is 4.20. The first-order valence-corrected chi connectivity index (χ1v) is 10.6. The van der Waals surface area contributed by atoms with E-state index in [0.717, 1.165) is 25.9 Å². The Kier molecular flexibility index (Phi) is 6.93. The van der Waals surface area contributed by atoms with Gasteiger partial charge in [0.1, 0.15) is 11.5 Å². The predicted octanol–water partition coefficient (Wildman–Crippen LogP) is 0.0645. The van der Waals surface area contributed by atoms with E-state index in [4.69, 9.17) is 5.73 Å². The summed E-state index contributed by atoms with van der Waals surface area (Å²) in [6.45, 7) is 3.78. The summed E-state index contributed by atoms with van der Waals surface area (Å²) in [5.41, 5.74) is 6.04. The van der Waals surface area contributed by atoms with E-state index in [9.17, 15) is 14.4 Å². The lowest BCUT2D eigenvalue weighted by atomic mass is 9.99. The van der Waals surface area contributed by atoms with E-state index >= 15 is 0 Å². The lowest BCUT2D eigenvalue weighted by Gasteiger charge is -2.36. The van der Waals surface area contributed by atoms with Crippen LogP contribution < -0.4 is 21.7 Å². The smallest absolute Gasteiger partial charge is 0.252 e. The van der Waals surface area contributed by atoms with Crippen molar-refractivity contribution in [3.63, 3.8) is 0 Å². The molecule has 2 saturated heterocycles. The van der Waals surface area contributed by atoms with Gasteiger partial charge in [0.05, 0.1) is 11.9 Å². The van der Waals surface area contributed by atoms with Crippen molar-refractivity contribution in [1.29, 1.82) is 0 Å². The van der Waals surface area contributed by atoms with E-state index in [1.54, 1.807) is 24.3 Å². The highest BCUT2D eigenvalue weighted by Crippen LogP contribution is 2.18. The zero-order valence-corrected chi connectivity index (χ0v) is 16.7. The Morgan fingerprint density at radius 2 is 1.93 bits per heavy atom. The van der Waals surface area contributed by atoms with Gasteiger partial charge in [0, 0.05) is 18.7 Å². The van der Waals surface area contributed by atoms with Crippen LogP contribution in [0.5, 0.6) is 0 Å². The highest BCUT2D eigenvalue weighted by molar-refractivity contribution is 8.00. The monoisotopic (exact) mass is 405 g/mol. The average Bonchev–Trinajstić information content (AvgIpc) is 2.70. The van der Waals surface area contributed by atoms with Crippen LogP contribution in [0, 0.1) is 5.92 Å². The van der Waals surface area contributed by atoms with Crippen LogP contribution >= 0.6 is 11.8 Å². The van der Waals surface area contributed by atoms with E-state index in [1.807, 2.05) is 11.0 Å². The van der Waals surface area contributed by atoms with Crippen LogP contribution in [0.15, 0.2) is 30.3 Å². The highest BCUT2D eigenvalue weighted by Gasteiger charge is 2.35. The number of hydrogen-bond donors (Lipinski definition) is 4. The van der Waals surface area contributed by atoms with E-state index in [1.165, 1.54) is 11.8 Å². The molecular weight excluding hydrogens is 378 g/mol. The first-order chi connectivity index (χ1) is 13.4. The number of rotatable bonds is 5. The van der Waals surface area contributed by atoms with E-state index in [-0.39, 0.29) is 23.5 Å². The number of benzene rings is 1. The largest absolute Gasteiger partial charge is 0.342 e. The minimum absolute atomic E-state index is 0.0704. The van der Waals surface area contributed by atoms with Crippen LogP contribution in [0.1, 0.15) is 30.1 Å². The van der Waals surface area contributed by atoms with Crippen molar-refractivity contribution < 1.29 is 14.4 Å². The van der Waals surface area contributed by atoms with Crippen molar-refractivity contribution in [1.82, 2.24) is 20.9 Å². The van der Waals surface area contributed by atoms with Gasteiger partial charge in [0.2, 0.25) is 11.8 Å². The van der Waals surface area contributed by atoms with Gasteiger partial charge in [-0.05, 0) is 30.9 Å². The molecule has 3 unspecified atom stereocenters. The highest BCUT2D eigenvalue weighted by atomic mass is 32.2. The van der Waals surface area contributed by atoms with Gasteiger partial charge in [-0.25, -0.2) is 0 Å². The Labute approximate surface area is 169 Å². The molecule has 28 heavy (non-hydrogen) atoms. The third-order valence-electron chi connectivity index (χ3n) is 5.09. The second-order valence-electron chi connectivity index (χ2n) is 7.27. The van der Waals surface area contributed by atoms with Crippen molar-refractivity contribution in [3.8, 4) is 0 Å². The van der Waals surface area contributed by atoms with E-state index in [0.29, 0.717) is 11.5 Å². The average molecular weight is 406 g/mol. The third-order valence-corrected chi connectivity index (χ3v) is 6.09. The van der Waals surface area contributed by atoms with Gasteiger partial charge in [-0.15, -0.1) is 11.8 Å². The van der Waals surface area contributed by atoms with Crippen LogP contribution in [0.25, 0.3) is 0 Å². The summed E-state index contributed by atoms with van der Waals surface area (Å²) in [6, 6.07) is 7.76. The topological polar surface area (TPSA) is 117 Å². The van der Waals surface area contributed by atoms with E-state index in [2.05, 4.69) is 22.9 Å². The molecule has 2 heterocycles. The van der Waals surface area contributed by atoms with Gasteiger partial charge in [-0.2, -0.15) is 0 Å². The Morgan fingerprint density at radius 3 is 2.57 bits per heavy atom. The summed E-state index contributed by atoms with van der Waals surface area (Å²) in [4.78, 5) is 38.9. The molecule has 0 bridgehead atoms. The zero-order chi connectivity index (χ0) is 20.1. The quantitative estimate of drug-likeness (QED) is 0.551. The van der Waals surface area contributed by atoms with Gasteiger partial charge in [-0.3, -0.25) is 19.7 Å². The van der Waals surface area contributed by atoms with Gasteiger partial charge >= 0.3 is 0 Å². The molecule has 0 aliphatic carbocycles. The number of piperidine rings is 1. The summed E-state index contributed by atoms with van der Waals surface area (Å²) < 4.78 is 0. The third kappa shape index (κ3) is 5.24. The van der Waals surface area contributed by atoms with Gasteiger partial charge in [0.15, 0.2) is 0 Å². The summed E-state index contributed by atoms with van der Waals surface area (Å²) in [7, 11) is 0. The molecule has 1 aromatic rings. The molecule has 1 aromatic carbocycles. The maximum absolute atomic E-state index is 12.4. The maximum atomic E-state index is 12.4. The summed E-state index contributed by atoms with van der Waals surface area (Å²) in [5.74, 6) is 0.268. The minimum Gasteiger partial charge on any atom is -0.342 e. The number of amides is 3. The molecule has 3 atom stereocenters. The number of hydrogen-bond acceptors (Lipinski definition) is 6. The van der Waals surface area contributed by atoms with Crippen LogP contribution in [-0.4, -0.2) is 59.2 Å². The molecule has 9 heteroatoms. The van der Waals surface area contributed by atoms with Crippen molar-refractivity contribution in [2.24, 2.45) is 11.7 Å². The molecule has 5 N–H and O–H groups in total. The number of nitrogens with zero attached hydrogens (tertiary/aromatic N) is 1. The molecule has 3 rings (SSSR count). The molecule has 2 aliphatic heterocycles. The minimum atomic E-state index is -0.885. The van der Waals surface area contributed by atoms with E-state index < -0.39 is 17.7 Å². The first kappa shape index (κ1) is 20.6. The Bertz CT molecular complexity index is 709. The Hall–Kier alpha value is -2.10. The van der Waals surface area contributed by atoms with Gasteiger partial charge in [0.25, 0.3) is 5.91 Å². The molecule has 0 saturated carbocycles. The number of nitrogens with two attached hydrogens (primary N) is 1. The van der Waals surface area contributed by atoms with Gasteiger partial charge in [-0.1, -0.05) is 25.1 Å². The standard InChI is InChI=1S/C19H27N5O3S/c1-12-7-9-24(10-8-12)14(25)11-28-19-22-16(20)15(18(27)23-19)21-17(26)13-5-3-2-4-6-13/h2-6,12,15-16,19,22H,7-11,20H2,1H3,(H,21,26)(H,23,27). The number of carbonyl (C=O) groups excluding carboxylic acids is 3. The fourth-order valence-electron chi connectivity index (χ4n) is 3.26. The zero-order valence-electron chi connectivity index (χ0n) is 15.9. The Morgan fingerprint density at radius 1 is 1.25 bits per heavy atom. The van der Waals surface area contributed by atoms with Gasteiger partial charge < -0.3 is 21.3 Å². The molecule has 2 fully saturated rings. The van der Waals surface area contributed by atoms with Crippen molar-refractivity contribution >= 4 is 29.5 Å². The number of thioether (sulfide) groups is 1. The molecule has 152 valence electrons. The molecule has 0 radical (unpaired) electrons. The second kappa shape index (κ2) is 9.40. The van der Waals surface area contributed by atoms with Crippen LogP contribution in [-0.2, 0) is 9.59 Å². The molecule has 0 aromatic heterocycles. The second-order valence-corrected chi connectivity index (χ2v) is 8.37. The fraction of sp³-hybridized carbons (Fsp3) is 0.526. The number of likely N-dealkylation sites (tertiary alicyclic amines) is 1. The summed E-state index contributed by atoms with van der Waals surface area (Å²) in [5, 5.41) is 8.46. The molecule has 8 nitrogen and oxygen atoms in total. The predicted molar refractivity (Wildman–Crippen MR) is 108 cm³/mol. The van der Waals surface area contributed by atoms with Crippen LogP contribution in [0.2, 0.25) is 0 Å². The first-order valence-electron chi connectivity index (χ1n) is 9.51. The molecular formula is C19H27N5O3S. The summed E-state index contributed by atoms with van der Waals surface area (Å²) >= 11 is 1.30. The van der Waals surface area contributed by atoms with Crippen molar-refractivity contribution in [2.45, 2.75) is 37.5 Å². The lowest BCUT2D eigenvalue weighted by molar-refractivity contribution is -0.130. The normalized spacial score (nSPS) is 25.9. The maximum Gasteiger partial charge on any atom is 0.252 e. The lowest BCUT2D eigenvalue weighted by Crippen LogP contribution is -2.70. The van der Waals surface area contributed by atoms with Crippen LogP contribution in [0.4, 0.5) is 0 Å². The van der Waals surface area contributed by atoms with Crippen molar-refractivity contribution in [3.05, 3.63) is 35.9 Å². The SMILES string of the molecule is CC1CCN(C(=O)CSC2NC(=O)C(NC(=O)c3ccccc3)C(N)N2)CC1. The molecule has 2 aliphatic rings. The summed E-state index contributed by atoms with van der Waals surface area (Å²) in [6.07, 6.45) is 1.31. The van der Waals surface area contributed by atoms with Crippen LogP contribution in [0.3, 0.4) is 0 Å². The van der Waals surface area contributed by atoms with Crippen molar-refractivity contribution in [2.75, 3.05) is 18.8 Å². The number of carbonyl (C=O) groups is 3. The molecule has 3 amide bonds. The Balaban J connectivity index is 1.47.